The SMILES string of the molecule is CN(C)CCCN(C)c1ccc(N)c(C(=O)Nc2cc(C(=O)Nc3cc(F)cc(C4CNCCO4)c3)ccc2Cl)c1. The van der Waals surface area contributed by atoms with E-state index in [4.69, 9.17) is 22.1 Å². The van der Waals surface area contributed by atoms with E-state index in [1.54, 1.807) is 18.2 Å². The van der Waals surface area contributed by atoms with Crippen LogP contribution >= 0.6 is 11.6 Å². The first-order valence-electron chi connectivity index (χ1n) is 13.4. The van der Waals surface area contributed by atoms with Gasteiger partial charge in [-0.2, -0.15) is 0 Å². The van der Waals surface area contributed by atoms with Crippen LogP contribution in [-0.2, 0) is 4.74 Å². The van der Waals surface area contributed by atoms with Crippen LogP contribution in [0.4, 0.5) is 27.1 Å². The lowest BCUT2D eigenvalue weighted by Crippen LogP contribution is -2.33. The first-order valence-corrected chi connectivity index (χ1v) is 13.8. The van der Waals surface area contributed by atoms with Crippen molar-refractivity contribution in [3.05, 3.63) is 82.1 Å². The number of nitrogens with zero attached hydrogens (tertiary/aromatic N) is 2. The molecule has 1 fully saturated rings. The van der Waals surface area contributed by atoms with E-state index < -0.39 is 17.6 Å². The molecule has 0 aliphatic carbocycles. The number of benzene rings is 3. The van der Waals surface area contributed by atoms with Crippen molar-refractivity contribution in [1.82, 2.24) is 10.2 Å². The molecule has 3 aromatic rings. The number of halogens is 2. The number of nitrogens with one attached hydrogen (secondary N) is 3. The fourth-order valence-corrected chi connectivity index (χ4v) is 4.70. The minimum absolute atomic E-state index is 0.230. The smallest absolute Gasteiger partial charge is 0.257 e. The Hall–Kier alpha value is -3.70. The van der Waals surface area contributed by atoms with Crippen LogP contribution in [0.5, 0.6) is 0 Å². The van der Waals surface area contributed by atoms with Crippen LogP contribution in [0.1, 0.15) is 38.8 Å². The fraction of sp³-hybridized carbons (Fsp3) is 0.333. The van der Waals surface area contributed by atoms with Gasteiger partial charge in [0, 0.05) is 49.3 Å². The number of hydrogen-bond acceptors (Lipinski definition) is 7. The molecule has 4 rings (SSSR count). The van der Waals surface area contributed by atoms with Gasteiger partial charge in [-0.05, 0) is 87.2 Å². The molecule has 0 aromatic heterocycles. The predicted molar refractivity (Wildman–Crippen MR) is 163 cm³/mol. The molecule has 1 saturated heterocycles. The van der Waals surface area contributed by atoms with Gasteiger partial charge in [-0.3, -0.25) is 9.59 Å². The quantitative estimate of drug-likeness (QED) is 0.258. The Bertz CT molecular complexity index is 1400. The highest BCUT2D eigenvalue weighted by Crippen LogP contribution is 2.28. The van der Waals surface area contributed by atoms with Crippen molar-refractivity contribution < 1.29 is 18.7 Å². The zero-order chi connectivity index (χ0) is 29.5. The average molecular weight is 583 g/mol. The molecule has 1 atom stereocenters. The second-order valence-electron chi connectivity index (χ2n) is 10.3. The highest BCUT2D eigenvalue weighted by Gasteiger charge is 2.19. The Morgan fingerprint density at radius 2 is 1.85 bits per heavy atom. The van der Waals surface area contributed by atoms with Crippen LogP contribution < -0.4 is 26.6 Å². The van der Waals surface area contributed by atoms with E-state index in [-0.39, 0.29) is 22.4 Å². The average Bonchev–Trinajstić information content (AvgIpc) is 2.94. The molecule has 1 aliphatic rings. The Kier molecular flexibility index (Phi) is 10.2. The van der Waals surface area contributed by atoms with Crippen LogP contribution in [0.3, 0.4) is 0 Å². The Labute approximate surface area is 244 Å². The molecular weight excluding hydrogens is 547 g/mol. The molecule has 0 radical (unpaired) electrons. The van der Waals surface area contributed by atoms with Gasteiger partial charge in [0.1, 0.15) is 5.82 Å². The number of carbonyl (C=O) groups is 2. The lowest BCUT2D eigenvalue weighted by molar-refractivity contribution is 0.0275. The predicted octanol–water partition coefficient (Wildman–Crippen LogP) is 4.61. The molecule has 0 bridgehead atoms. The summed E-state index contributed by atoms with van der Waals surface area (Å²) >= 11 is 6.37. The molecule has 1 aliphatic heterocycles. The van der Waals surface area contributed by atoms with Gasteiger partial charge in [0.15, 0.2) is 0 Å². The third kappa shape index (κ3) is 8.17. The van der Waals surface area contributed by atoms with E-state index in [2.05, 4.69) is 25.8 Å². The maximum atomic E-state index is 14.4. The third-order valence-corrected chi connectivity index (χ3v) is 7.10. The highest BCUT2D eigenvalue weighted by molar-refractivity contribution is 6.34. The minimum Gasteiger partial charge on any atom is -0.398 e. The standard InChI is InChI=1S/C30H36ClFN6O3/c1-37(2)10-4-11-38(3)23-6-8-26(33)24(17-23)30(40)36-27-15-19(5-7-25(27)31)29(39)35-22-14-20(13-21(32)16-22)28-18-34-9-12-41-28/h5-8,13-17,28,34H,4,9-12,18,33H2,1-3H3,(H,35,39)(H,36,40). The van der Waals surface area contributed by atoms with Crippen molar-refractivity contribution in [2.24, 2.45) is 0 Å². The van der Waals surface area contributed by atoms with E-state index in [1.165, 1.54) is 30.3 Å². The maximum absolute atomic E-state index is 14.4. The minimum atomic E-state index is -0.489. The summed E-state index contributed by atoms with van der Waals surface area (Å²) in [5.74, 6) is -1.43. The van der Waals surface area contributed by atoms with Gasteiger partial charge in [-0.1, -0.05) is 11.6 Å². The topological polar surface area (TPSA) is 112 Å². The third-order valence-electron chi connectivity index (χ3n) is 6.78. The molecule has 3 aromatic carbocycles. The summed E-state index contributed by atoms with van der Waals surface area (Å²) in [7, 11) is 6.01. The van der Waals surface area contributed by atoms with E-state index >= 15 is 0 Å². The second-order valence-corrected chi connectivity index (χ2v) is 10.7. The fourth-order valence-electron chi connectivity index (χ4n) is 4.54. The van der Waals surface area contributed by atoms with Gasteiger partial charge in [-0.15, -0.1) is 0 Å². The van der Waals surface area contributed by atoms with Gasteiger partial charge >= 0.3 is 0 Å². The number of ether oxygens (including phenoxy) is 1. The first kappa shape index (κ1) is 30.3. The van der Waals surface area contributed by atoms with Crippen LogP contribution in [0, 0.1) is 5.82 Å². The monoisotopic (exact) mass is 582 g/mol. The van der Waals surface area contributed by atoms with Crippen molar-refractivity contribution in [3.63, 3.8) is 0 Å². The maximum Gasteiger partial charge on any atom is 0.257 e. The summed E-state index contributed by atoms with van der Waals surface area (Å²) in [4.78, 5) is 30.5. The largest absolute Gasteiger partial charge is 0.398 e. The molecule has 218 valence electrons. The van der Waals surface area contributed by atoms with Crippen molar-refractivity contribution in [3.8, 4) is 0 Å². The number of anilines is 4. The second kappa shape index (κ2) is 13.8. The molecule has 9 nitrogen and oxygen atoms in total. The summed E-state index contributed by atoms with van der Waals surface area (Å²) in [6.07, 6.45) is 0.652. The van der Waals surface area contributed by atoms with Crippen LogP contribution in [0.2, 0.25) is 5.02 Å². The molecule has 2 amide bonds. The van der Waals surface area contributed by atoms with Gasteiger partial charge < -0.3 is 36.2 Å². The van der Waals surface area contributed by atoms with Crippen LogP contribution in [-0.4, -0.2) is 70.6 Å². The Morgan fingerprint density at radius 3 is 2.59 bits per heavy atom. The normalized spacial score (nSPS) is 15.0. The zero-order valence-electron chi connectivity index (χ0n) is 23.5. The van der Waals surface area contributed by atoms with E-state index in [9.17, 15) is 14.0 Å². The van der Waals surface area contributed by atoms with Gasteiger partial charge in [0.2, 0.25) is 0 Å². The van der Waals surface area contributed by atoms with Crippen LogP contribution in [0.25, 0.3) is 0 Å². The summed E-state index contributed by atoms with van der Waals surface area (Å²) < 4.78 is 20.1. The van der Waals surface area contributed by atoms with E-state index in [0.717, 1.165) is 31.7 Å². The number of amides is 2. The van der Waals surface area contributed by atoms with Crippen molar-refractivity contribution in [2.75, 3.05) is 75.2 Å². The number of nitrogen functional groups attached to an aromatic ring is 1. The van der Waals surface area contributed by atoms with Gasteiger partial charge in [0.05, 0.1) is 29.0 Å². The lowest BCUT2D eigenvalue weighted by atomic mass is 10.1. The molecular formula is C30H36ClFN6O3. The summed E-state index contributed by atoms with van der Waals surface area (Å²) in [5.41, 5.74) is 8.99. The first-order chi connectivity index (χ1) is 19.6. The Morgan fingerprint density at radius 1 is 1.05 bits per heavy atom. The van der Waals surface area contributed by atoms with Gasteiger partial charge in [0.25, 0.3) is 11.8 Å². The van der Waals surface area contributed by atoms with Crippen molar-refractivity contribution >= 4 is 46.2 Å². The number of nitrogens with two attached hydrogens (primary N) is 1. The lowest BCUT2D eigenvalue weighted by Gasteiger charge is -2.24. The summed E-state index contributed by atoms with van der Waals surface area (Å²) in [6.45, 7) is 3.56. The van der Waals surface area contributed by atoms with E-state index in [1.807, 2.05) is 27.2 Å². The summed E-state index contributed by atoms with van der Waals surface area (Å²) in [6, 6.07) is 14.1. The number of carbonyl (C=O) groups excluding carboxylic acids is 2. The molecule has 5 N–H and O–H groups in total. The molecule has 1 unspecified atom stereocenters. The van der Waals surface area contributed by atoms with Crippen molar-refractivity contribution in [2.45, 2.75) is 12.5 Å². The van der Waals surface area contributed by atoms with Crippen molar-refractivity contribution in [1.29, 1.82) is 0 Å². The molecule has 1 heterocycles. The number of morpholine rings is 1. The molecule has 0 spiro atoms. The number of rotatable bonds is 10. The highest BCUT2D eigenvalue weighted by atomic mass is 35.5. The van der Waals surface area contributed by atoms with Crippen LogP contribution in [0.15, 0.2) is 54.6 Å². The van der Waals surface area contributed by atoms with E-state index in [0.29, 0.717) is 35.7 Å². The van der Waals surface area contributed by atoms with Gasteiger partial charge in [-0.25, -0.2) is 4.39 Å². The molecule has 0 saturated carbocycles. The summed E-state index contributed by atoms with van der Waals surface area (Å²) in [5, 5.41) is 8.95. The number of hydrogen-bond donors (Lipinski definition) is 4. The molecule has 11 heteroatoms. The zero-order valence-corrected chi connectivity index (χ0v) is 24.2. The Balaban J connectivity index is 1.47. The molecule has 41 heavy (non-hydrogen) atoms.